The third kappa shape index (κ3) is 3.50. The monoisotopic (exact) mass is 350 g/mol. The molecular weight excluding hydrogens is 336 g/mol. The van der Waals surface area contributed by atoms with Gasteiger partial charge < -0.3 is 0 Å². The third-order valence-electron chi connectivity index (χ3n) is 3.27. The minimum atomic E-state index is -0.620. The molecule has 0 radical (unpaired) electrons. The third-order valence-corrected chi connectivity index (χ3v) is 5.08. The lowest BCUT2D eigenvalue weighted by atomic mass is 10.0. The number of hydrogen-bond acceptors (Lipinski definition) is 1. The van der Waals surface area contributed by atoms with Gasteiger partial charge in [-0.2, -0.15) is 0 Å². The van der Waals surface area contributed by atoms with Crippen molar-refractivity contribution in [1.29, 1.82) is 0 Å². The zero-order chi connectivity index (χ0) is 14.5. The van der Waals surface area contributed by atoms with Crippen molar-refractivity contribution >= 4 is 33.3 Å². The summed E-state index contributed by atoms with van der Waals surface area (Å²) in [6, 6.07) is 17.4. The largest absolute Gasteiger partial charge is 0.292 e. The first-order chi connectivity index (χ1) is 9.63. The van der Waals surface area contributed by atoms with Crippen molar-refractivity contribution in [2.45, 2.75) is 23.5 Å². The van der Waals surface area contributed by atoms with Crippen molar-refractivity contribution in [2.24, 2.45) is 0 Å². The number of Topliss-reactive ketones (excluding diaryl/α,β-unsaturated/α-hetero) is 1. The van der Waals surface area contributed by atoms with Gasteiger partial charge in [0.05, 0.1) is 4.83 Å². The fourth-order valence-corrected chi connectivity index (χ4v) is 2.82. The molecule has 0 aliphatic carbocycles. The molecule has 0 unspecified atom stereocenters. The lowest BCUT2D eigenvalue weighted by molar-refractivity contribution is 0.0986. The van der Waals surface area contributed by atoms with Crippen LogP contribution in [0, 0.1) is 0 Å². The van der Waals surface area contributed by atoms with Crippen LogP contribution in [-0.4, -0.2) is 11.2 Å². The van der Waals surface area contributed by atoms with Gasteiger partial charge in [-0.15, -0.1) is 11.6 Å². The Morgan fingerprint density at radius 3 is 2.25 bits per heavy atom. The van der Waals surface area contributed by atoms with E-state index in [9.17, 15) is 4.79 Å². The summed E-state index contributed by atoms with van der Waals surface area (Å²) in [7, 11) is 0. The predicted octanol–water partition coefficient (Wildman–Crippen LogP) is 5.18. The second kappa shape index (κ2) is 7.05. The van der Waals surface area contributed by atoms with E-state index in [0.717, 1.165) is 12.0 Å². The summed E-state index contributed by atoms with van der Waals surface area (Å²) in [6.45, 7) is 2.09. The first-order valence-corrected chi connectivity index (χ1v) is 7.95. The molecule has 0 saturated carbocycles. The van der Waals surface area contributed by atoms with Crippen LogP contribution in [0.1, 0.15) is 33.2 Å². The Balaban J connectivity index is 2.15. The number of halogens is 2. The van der Waals surface area contributed by atoms with Gasteiger partial charge in [-0.05, 0) is 17.5 Å². The molecule has 1 nitrogen and oxygen atoms in total. The number of benzene rings is 2. The molecule has 0 amide bonds. The highest BCUT2D eigenvalue weighted by atomic mass is 79.9. The van der Waals surface area contributed by atoms with E-state index in [1.165, 1.54) is 5.56 Å². The van der Waals surface area contributed by atoms with Crippen molar-refractivity contribution in [3.63, 3.8) is 0 Å². The van der Waals surface area contributed by atoms with Gasteiger partial charge >= 0.3 is 0 Å². The Kier molecular flexibility index (Phi) is 5.38. The van der Waals surface area contributed by atoms with Crippen molar-refractivity contribution in [3.8, 4) is 0 Å². The van der Waals surface area contributed by atoms with Crippen molar-refractivity contribution < 1.29 is 4.79 Å². The molecule has 0 N–H and O–H groups in total. The summed E-state index contributed by atoms with van der Waals surface area (Å²) in [5.74, 6) is -0.0555. The minimum absolute atomic E-state index is 0.0555. The Morgan fingerprint density at radius 1 is 1.10 bits per heavy atom. The second-order valence-corrected chi connectivity index (χ2v) is 6.09. The van der Waals surface area contributed by atoms with Crippen LogP contribution in [0.25, 0.3) is 0 Å². The quantitative estimate of drug-likeness (QED) is 0.536. The average molecular weight is 352 g/mol. The summed E-state index contributed by atoms with van der Waals surface area (Å²) in [6.07, 6.45) is 0.962. The summed E-state index contributed by atoms with van der Waals surface area (Å²) < 4.78 is 0. The van der Waals surface area contributed by atoms with Crippen molar-refractivity contribution in [2.75, 3.05) is 0 Å². The molecule has 0 spiro atoms. The number of carbonyl (C=O) groups is 1. The fourth-order valence-electron chi connectivity index (χ4n) is 2.00. The van der Waals surface area contributed by atoms with E-state index < -0.39 is 5.38 Å². The molecule has 3 heteroatoms. The average Bonchev–Trinajstić information content (AvgIpc) is 2.53. The predicted molar refractivity (Wildman–Crippen MR) is 87.9 cm³/mol. The second-order valence-electron chi connectivity index (χ2n) is 4.63. The summed E-state index contributed by atoms with van der Waals surface area (Å²) in [5.41, 5.74) is 2.87. The normalized spacial score (nSPS) is 13.8. The summed E-state index contributed by atoms with van der Waals surface area (Å²) in [5, 5.41) is -0.620. The van der Waals surface area contributed by atoms with E-state index in [4.69, 9.17) is 11.6 Å². The molecule has 0 heterocycles. The van der Waals surface area contributed by atoms with Crippen molar-refractivity contribution in [3.05, 3.63) is 71.3 Å². The van der Waals surface area contributed by atoms with Crippen LogP contribution in [-0.2, 0) is 6.42 Å². The first-order valence-electron chi connectivity index (χ1n) is 6.59. The Labute approximate surface area is 133 Å². The molecule has 2 aromatic carbocycles. The highest BCUT2D eigenvalue weighted by Gasteiger charge is 2.26. The molecule has 0 bridgehead atoms. The molecule has 0 saturated heterocycles. The maximum absolute atomic E-state index is 12.4. The van der Waals surface area contributed by atoms with Gasteiger partial charge in [-0.3, -0.25) is 4.79 Å². The molecular formula is C17H16BrClO. The Bertz CT molecular complexity index is 565. The van der Waals surface area contributed by atoms with Gasteiger partial charge in [0, 0.05) is 5.56 Å². The maximum atomic E-state index is 12.4. The van der Waals surface area contributed by atoms with Gasteiger partial charge in [0.1, 0.15) is 5.38 Å². The topological polar surface area (TPSA) is 17.1 Å². The molecule has 2 atom stereocenters. The number of aryl methyl sites for hydroxylation is 1. The van der Waals surface area contributed by atoms with E-state index in [-0.39, 0.29) is 10.6 Å². The summed E-state index contributed by atoms with van der Waals surface area (Å²) >= 11 is 9.85. The SMILES string of the molecule is CCc1ccc(C(=O)[C@H](Cl)[C@@H](Br)c2ccccc2)cc1. The smallest absolute Gasteiger partial charge is 0.182 e. The number of carbonyl (C=O) groups excluding carboxylic acids is 1. The summed E-state index contributed by atoms with van der Waals surface area (Å²) in [4.78, 5) is 12.2. The highest BCUT2D eigenvalue weighted by Crippen LogP contribution is 2.32. The Morgan fingerprint density at radius 2 is 1.70 bits per heavy atom. The first kappa shape index (κ1) is 15.3. The molecule has 104 valence electrons. The van der Waals surface area contributed by atoms with E-state index in [0.29, 0.717) is 5.56 Å². The van der Waals surface area contributed by atoms with E-state index in [1.54, 1.807) is 0 Å². The van der Waals surface area contributed by atoms with Gasteiger partial charge in [-0.1, -0.05) is 77.5 Å². The van der Waals surface area contributed by atoms with Gasteiger partial charge in [0.15, 0.2) is 5.78 Å². The minimum Gasteiger partial charge on any atom is -0.292 e. The number of hydrogen-bond donors (Lipinski definition) is 0. The lowest BCUT2D eigenvalue weighted by Crippen LogP contribution is -2.19. The lowest BCUT2D eigenvalue weighted by Gasteiger charge is -2.16. The van der Waals surface area contributed by atoms with E-state index in [2.05, 4.69) is 22.9 Å². The molecule has 2 aromatic rings. The molecule has 2 rings (SSSR count). The molecule has 0 aromatic heterocycles. The van der Waals surface area contributed by atoms with Gasteiger partial charge in [0.25, 0.3) is 0 Å². The van der Waals surface area contributed by atoms with Crippen LogP contribution in [0.3, 0.4) is 0 Å². The van der Waals surface area contributed by atoms with Gasteiger partial charge in [-0.25, -0.2) is 0 Å². The van der Waals surface area contributed by atoms with Crippen molar-refractivity contribution in [1.82, 2.24) is 0 Å². The fraction of sp³-hybridized carbons (Fsp3) is 0.235. The molecule has 0 aliphatic rings. The van der Waals surface area contributed by atoms with E-state index in [1.807, 2.05) is 54.6 Å². The van der Waals surface area contributed by atoms with Crippen LogP contribution >= 0.6 is 27.5 Å². The standard InChI is InChI=1S/C17H16BrClO/c1-2-12-8-10-14(11-9-12)17(20)16(19)15(18)13-6-4-3-5-7-13/h3-11,15-16H,2H2,1H3/t15-,16+/m0/s1. The number of alkyl halides is 2. The number of rotatable bonds is 5. The van der Waals surface area contributed by atoms with Crippen LogP contribution in [0.15, 0.2) is 54.6 Å². The van der Waals surface area contributed by atoms with Crippen LogP contribution in [0.4, 0.5) is 0 Å². The zero-order valence-electron chi connectivity index (χ0n) is 11.2. The molecule has 20 heavy (non-hydrogen) atoms. The zero-order valence-corrected chi connectivity index (χ0v) is 13.6. The van der Waals surface area contributed by atoms with Crippen LogP contribution in [0.5, 0.6) is 0 Å². The number of ketones is 1. The maximum Gasteiger partial charge on any atom is 0.182 e. The van der Waals surface area contributed by atoms with E-state index >= 15 is 0 Å². The van der Waals surface area contributed by atoms with Gasteiger partial charge in [0.2, 0.25) is 0 Å². The van der Waals surface area contributed by atoms with Crippen LogP contribution < -0.4 is 0 Å². The molecule has 0 fully saturated rings. The Hall–Kier alpha value is -1.12. The highest BCUT2D eigenvalue weighted by molar-refractivity contribution is 9.09. The molecule has 0 aliphatic heterocycles. The van der Waals surface area contributed by atoms with Crippen LogP contribution in [0.2, 0.25) is 0 Å².